The second-order valence-corrected chi connectivity index (χ2v) is 9.34. The molecule has 0 unspecified atom stereocenters. The predicted molar refractivity (Wildman–Crippen MR) is 153 cm³/mol. The van der Waals surface area contributed by atoms with Crippen molar-refractivity contribution in [1.29, 1.82) is 10.5 Å². The molecule has 0 atom stereocenters. The second kappa shape index (κ2) is 10.9. The van der Waals surface area contributed by atoms with Crippen molar-refractivity contribution >= 4 is 28.7 Å². The van der Waals surface area contributed by atoms with Crippen molar-refractivity contribution in [1.82, 2.24) is 14.5 Å². The molecular formula is C32H26N6O. The molecule has 0 aliphatic rings. The van der Waals surface area contributed by atoms with Crippen LogP contribution in [0.2, 0.25) is 0 Å². The lowest BCUT2D eigenvalue weighted by Crippen LogP contribution is -2.04. The minimum atomic E-state index is 0.405. The Balaban J connectivity index is 1.60. The zero-order valence-corrected chi connectivity index (χ0v) is 21.9. The van der Waals surface area contributed by atoms with Crippen LogP contribution in [0.25, 0.3) is 17.1 Å². The van der Waals surface area contributed by atoms with E-state index in [4.69, 9.17) is 20.0 Å². The molecule has 0 saturated heterocycles. The van der Waals surface area contributed by atoms with E-state index in [-0.39, 0.29) is 0 Å². The fourth-order valence-electron chi connectivity index (χ4n) is 4.57. The van der Waals surface area contributed by atoms with Gasteiger partial charge in [-0.25, -0.2) is 4.98 Å². The van der Waals surface area contributed by atoms with Gasteiger partial charge in [-0.2, -0.15) is 15.5 Å². The van der Waals surface area contributed by atoms with Gasteiger partial charge in [0.15, 0.2) is 0 Å². The van der Waals surface area contributed by atoms with E-state index in [0.29, 0.717) is 29.7 Å². The molecule has 0 fully saturated rings. The Kier molecular flexibility index (Phi) is 7.07. The molecule has 39 heavy (non-hydrogen) atoms. The van der Waals surface area contributed by atoms with E-state index in [9.17, 15) is 5.26 Å². The molecule has 2 heterocycles. The van der Waals surface area contributed by atoms with E-state index in [1.807, 2.05) is 81.4 Å². The SMILES string of the molecule is Cc1cc(C#N)cc(C)c1Oc1nc(Nc2ccc(/C=C/C#N)cc2)nc2c(C)cn(Cc3ccccc3)c12. The van der Waals surface area contributed by atoms with Crippen molar-refractivity contribution in [3.05, 3.63) is 112 Å². The number of nitriles is 2. The number of benzene rings is 3. The average molecular weight is 511 g/mol. The van der Waals surface area contributed by atoms with Gasteiger partial charge in [0.1, 0.15) is 16.8 Å². The summed E-state index contributed by atoms with van der Waals surface area (Å²) in [5.74, 6) is 1.50. The summed E-state index contributed by atoms with van der Waals surface area (Å²) in [6.07, 6.45) is 5.26. The summed E-state index contributed by atoms with van der Waals surface area (Å²) in [5, 5.41) is 21.4. The number of hydrogen-bond donors (Lipinski definition) is 1. The molecule has 2 aromatic heterocycles. The number of nitrogens with one attached hydrogen (secondary N) is 1. The van der Waals surface area contributed by atoms with Gasteiger partial charge in [0.2, 0.25) is 11.8 Å². The quantitative estimate of drug-likeness (QED) is 0.230. The molecule has 0 radical (unpaired) electrons. The van der Waals surface area contributed by atoms with Crippen LogP contribution < -0.4 is 10.1 Å². The van der Waals surface area contributed by atoms with Crippen LogP contribution in [0, 0.1) is 43.4 Å². The van der Waals surface area contributed by atoms with Gasteiger partial charge in [0.25, 0.3) is 0 Å². The van der Waals surface area contributed by atoms with Crippen molar-refractivity contribution in [2.75, 3.05) is 5.32 Å². The Hall–Kier alpha value is -5.40. The Bertz CT molecular complexity index is 1750. The molecule has 0 aliphatic heterocycles. The number of ether oxygens (including phenoxy) is 1. The van der Waals surface area contributed by atoms with Gasteiger partial charge >= 0.3 is 0 Å². The number of aryl methyl sites for hydroxylation is 3. The van der Waals surface area contributed by atoms with Crippen molar-refractivity contribution in [3.63, 3.8) is 0 Å². The van der Waals surface area contributed by atoms with Crippen LogP contribution in [0.15, 0.2) is 79.0 Å². The summed E-state index contributed by atoms with van der Waals surface area (Å²) in [7, 11) is 0. The Labute approximate surface area is 227 Å². The minimum absolute atomic E-state index is 0.405. The number of anilines is 2. The van der Waals surface area contributed by atoms with Gasteiger partial charge in [0, 0.05) is 24.5 Å². The van der Waals surface area contributed by atoms with Crippen molar-refractivity contribution in [2.45, 2.75) is 27.3 Å². The first kappa shape index (κ1) is 25.3. The van der Waals surface area contributed by atoms with Crippen LogP contribution in [0.5, 0.6) is 11.6 Å². The molecule has 5 aromatic rings. The molecule has 5 rings (SSSR count). The summed E-state index contributed by atoms with van der Waals surface area (Å²) < 4.78 is 8.64. The third kappa shape index (κ3) is 5.49. The molecule has 0 saturated carbocycles. The summed E-state index contributed by atoms with van der Waals surface area (Å²) in [5.41, 5.74) is 7.75. The van der Waals surface area contributed by atoms with E-state index in [2.05, 4.69) is 34.3 Å². The van der Waals surface area contributed by atoms with Crippen molar-refractivity contribution in [2.24, 2.45) is 0 Å². The number of hydrogen-bond acceptors (Lipinski definition) is 6. The number of rotatable bonds is 7. The monoisotopic (exact) mass is 510 g/mol. The van der Waals surface area contributed by atoms with Crippen molar-refractivity contribution in [3.8, 4) is 23.8 Å². The zero-order valence-electron chi connectivity index (χ0n) is 21.9. The first-order valence-corrected chi connectivity index (χ1v) is 12.5. The van der Waals surface area contributed by atoms with E-state index < -0.39 is 0 Å². The first-order valence-electron chi connectivity index (χ1n) is 12.5. The van der Waals surface area contributed by atoms with Crippen LogP contribution in [0.1, 0.15) is 33.4 Å². The van der Waals surface area contributed by atoms with Crippen LogP contribution in [-0.2, 0) is 6.54 Å². The smallest absolute Gasteiger partial charge is 0.249 e. The van der Waals surface area contributed by atoms with Crippen LogP contribution >= 0.6 is 0 Å². The third-order valence-corrected chi connectivity index (χ3v) is 6.36. The molecule has 7 nitrogen and oxygen atoms in total. The van der Waals surface area contributed by atoms with Gasteiger partial charge in [-0.05, 0) is 78.9 Å². The summed E-state index contributed by atoms with van der Waals surface area (Å²) >= 11 is 0. The van der Waals surface area contributed by atoms with E-state index in [1.165, 1.54) is 6.08 Å². The normalized spacial score (nSPS) is 10.9. The lowest BCUT2D eigenvalue weighted by molar-refractivity contribution is 0.459. The fourth-order valence-corrected chi connectivity index (χ4v) is 4.57. The molecule has 0 amide bonds. The largest absolute Gasteiger partial charge is 0.436 e. The highest BCUT2D eigenvalue weighted by atomic mass is 16.5. The number of allylic oxidation sites excluding steroid dienone is 1. The van der Waals surface area contributed by atoms with Gasteiger partial charge in [-0.1, -0.05) is 42.5 Å². The van der Waals surface area contributed by atoms with Crippen LogP contribution in [0.4, 0.5) is 11.6 Å². The zero-order chi connectivity index (χ0) is 27.4. The van der Waals surface area contributed by atoms with Gasteiger partial charge in [0.05, 0.1) is 17.7 Å². The third-order valence-electron chi connectivity index (χ3n) is 6.36. The summed E-state index contributed by atoms with van der Waals surface area (Å²) in [6.45, 7) is 6.52. The molecule has 190 valence electrons. The average Bonchev–Trinajstić information content (AvgIpc) is 3.25. The van der Waals surface area contributed by atoms with Crippen molar-refractivity contribution < 1.29 is 4.74 Å². The van der Waals surface area contributed by atoms with E-state index >= 15 is 0 Å². The standard InChI is InChI=1S/C32H26N6O/c1-21-16-26(18-34)17-22(2)30(21)39-31-29-28(23(3)19-38(29)20-25-8-5-4-6-9-25)36-32(37-31)35-27-13-11-24(12-14-27)10-7-15-33/h4-14,16-17,19H,20H2,1-3H3,(H,35,36,37)/b10-7+. The number of aromatic nitrogens is 3. The summed E-state index contributed by atoms with van der Waals surface area (Å²) in [6, 6.07) is 25.7. The highest BCUT2D eigenvalue weighted by Gasteiger charge is 2.19. The molecule has 7 heteroatoms. The molecule has 0 bridgehead atoms. The van der Waals surface area contributed by atoms with Gasteiger partial charge in [-0.3, -0.25) is 0 Å². The number of nitrogens with zero attached hydrogens (tertiary/aromatic N) is 5. The van der Waals surface area contributed by atoms with Gasteiger partial charge < -0.3 is 14.6 Å². The molecule has 1 N–H and O–H groups in total. The summed E-state index contributed by atoms with van der Waals surface area (Å²) in [4.78, 5) is 9.67. The Morgan fingerprint density at radius 3 is 2.31 bits per heavy atom. The molecular weight excluding hydrogens is 484 g/mol. The predicted octanol–water partition coefficient (Wildman–Crippen LogP) is 7.35. The number of fused-ring (bicyclic) bond motifs is 1. The fraction of sp³-hybridized carbons (Fsp3) is 0.125. The van der Waals surface area contributed by atoms with Crippen LogP contribution in [-0.4, -0.2) is 14.5 Å². The highest BCUT2D eigenvalue weighted by Crippen LogP contribution is 2.35. The second-order valence-electron chi connectivity index (χ2n) is 9.34. The maximum Gasteiger partial charge on any atom is 0.249 e. The Morgan fingerprint density at radius 2 is 1.64 bits per heavy atom. The Morgan fingerprint density at radius 1 is 0.923 bits per heavy atom. The lowest BCUT2D eigenvalue weighted by Gasteiger charge is -2.15. The van der Waals surface area contributed by atoms with Crippen LogP contribution in [0.3, 0.4) is 0 Å². The highest BCUT2D eigenvalue weighted by molar-refractivity contribution is 5.86. The van der Waals surface area contributed by atoms with E-state index in [1.54, 1.807) is 6.08 Å². The van der Waals surface area contributed by atoms with Gasteiger partial charge in [-0.15, -0.1) is 0 Å². The molecule has 0 spiro atoms. The lowest BCUT2D eigenvalue weighted by atomic mass is 10.1. The first-order chi connectivity index (χ1) is 18.9. The maximum absolute atomic E-state index is 9.38. The topological polar surface area (TPSA) is 99.5 Å². The minimum Gasteiger partial charge on any atom is -0.436 e. The maximum atomic E-state index is 9.38. The molecule has 0 aliphatic carbocycles. The van der Waals surface area contributed by atoms with E-state index in [0.717, 1.165) is 44.5 Å². The molecule has 3 aromatic carbocycles.